The molecule has 1 amide bonds. The van der Waals surface area contributed by atoms with Gasteiger partial charge in [0, 0.05) is 32.7 Å². The van der Waals surface area contributed by atoms with Crippen LogP contribution in [0.4, 0.5) is 0 Å². The van der Waals surface area contributed by atoms with Crippen molar-refractivity contribution in [1.29, 1.82) is 0 Å². The highest BCUT2D eigenvalue weighted by Gasteiger charge is 2.39. The molecule has 1 fully saturated rings. The zero-order valence-electron chi connectivity index (χ0n) is 16.8. The number of halogens is 1. The van der Waals surface area contributed by atoms with Gasteiger partial charge in [-0.05, 0) is 55.4 Å². The van der Waals surface area contributed by atoms with Crippen LogP contribution in [-0.2, 0) is 27.7 Å². The minimum Gasteiger partial charge on any atom is -0.340 e. The summed E-state index contributed by atoms with van der Waals surface area (Å²) < 4.78 is 27.6. The maximum absolute atomic E-state index is 13.0. The average molecular weight is 430 g/mol. The Labute approximate surface area is 174 Å². The second kappa shape index (κ2) is 9.11. The van der Waals surface area contributed by atoms with Gasteiger partial charge in [-0.2, -0.15) is 4.31 Å². The summed E-state index contributed by atoms with van der Waals surface area (Å²) in [5, 5.41) is 0. The van der Waals surface area contributed by atoms with E-state index in [0.717, 1.165) is 24.8 Å². The number of rotatable bonds is 6. The molecule has 0 unspecified atom stereocenters. The molecule has 1 aliphatic heterocycles. The van der Waals surface area contributed by atoms with Crippen LogP contribution in [0, 0.1) is 5.41 Å². The molecule has 0 saturated carbocycles. The average Bonchev–Trinajstić information content (AvgIpc) is 3.17. The number of sulfonamides is 1. The van der Waals surface area contributed by atoms with Crippen LogP contribution in [0.2, 0.25) is 0 Å². The van der Waals surface area contributed by atoms with Gasteiger partial charge in [0.15, 0.2) is 0 Å². The van der Waals surface area contributed by atoms with Crippen molar-refractivity contribution < 1.29 is 13.2 Å². The van der Waals surface area contributed by atoms with Gasteiger partial charge >= 0.3 is 0 Å². The van der Waals surface area contributed by atoms with Crippen LogP contribution in [0.1, 0.15) is 44.2 Å². The Morgan fingerprint density at radius 1 is 1.07 bits per heavy atom. The number of piperazine rings is 1. The van der Waals surface area contributed by atoms with Gasteiger partial charge in [0.2, 0.25) is 15.9 Å². The van der Waals surface area contributed by atoms with E-state index in [1.165, 1.54) is 9.87 Å². The van der Waals surface area contributed by atoms with Crippen molar-refractivity contribution in [2.24, 2.45) is 11.1 Å². The highest BCUT2D eigenvalue weighted by molar-refractivity contribution is 7.89. The second-order valence-corrected chi connectivity index (χ2v) is 9.61. The van der Waals surface area contributed by atoms with Crippen molar-refractivity contribution in [2.45, 2.75) is 50.8 Å². The molecule has 8 heteroatoms. The van der Waals surface area contributed by atoms with Crippen LogP contribution >= 0.6 is 12.4 Å². The summed E-state index contributed by atoms with van der Waals surface area (Å²) in [6, 6.07) is 5.51. The Balaban J connectivity index is 0.00000280. The largest absolute Gasteiger partial charge is 0.340 e. The molecule has 3 rings (SSSR count). The SMILES string of the molecule is CCC(CC)(CN)C(=O)N1CCN(S(=O)(=O)c2ccc3c(c2)CCC3)CC1.Cl. The molecule has 158 valence electrons. The van der Waals surface area contributed by atoms with Crippen LogP contribution < -0.4 is 5.73 Å². The van der Waals surface area contributed by atoms with Crippen LogP contribution in [0.3, 0.4) is 0 Å². The molecule has 1 aromatic carbocycles. The maximum atomic E-state index is 13.0. The van der Waals surface area contributed by atoms with Gasteiger partial charge in [0.1, 0.15) is 0 Å². The number of nitrogens with two attached hydrogens (primary N) is 1. The highest BCUT2D eigenvalue weighted by Crippen LogP contribution is 2.30. The summed E-state index contributed by atoms with van der Waals surface area (Å²) in [7, 11) is -3.51. The van der Waals surface area contributed by atoms with Crippen molar-refractivity contribution in [3.05, 3.63) is 29.3 Å². The minimum absolute atomic E-state index is 0. The van der Waals surface area contributed by atoms with Crippen LogP contribution in [0.5, 0.6) is 0 Å². The summed E-state index contributed by atoms with van der Waals surface area (Å²) in [5.41, 5.74) is 7.79. The number of benzene rings is 1. The Kier molecular flexibility index (Phi) is 7.53. The van der Waals surface area contributed by atoms with Gasteiger partial charge in [-0.25, -0.2) is 8.42 Å². The van der Waals surface area contributed by atoms with E-state index in [4.69, 9.17) is 5.73 Å². The smallest absolute Gasteiger partial charge is 0.243 e. The first-order chi connectivity index (χ1) is 12.9. The number of fused-ring (bicyclic) bond motifs is 1. The molecule has 1 heterocycles. The van der Waals surface area contributed by atoms with Crippen LogP contribution in [0.15, 0.2) is 23.1 Å². The van der Waals surface area contributed by atoms with Gasteiger partial charge in [-0.15, -0.1) is 12.4 Å². The summed E-state index contributed by atoms with van der Waals surface area (Å²) in [6.07, 6.45) is 4.49. The summed E-state index contributed by atoms with van der Waals surface area (Å²) in [4.78, 5) is 15.1. The monoisotopic (exact) mass is 429 g/mol. The molecule has 0 radical (unpaired) electrons. The third-order valence-corrected chi connectivity index (χ3v) is 8.33. The fraction of sp³-hybridized carbons (Fsp3) is 0.650. The molecule has 28 heavy (non-hydrogen) atoms. The molecule has 2 aliphatic rings. The van der Waals surface area contributed by atoms with Gasteiger partial charge < -0.3 is 10.6 Å². The van der Waals surface area contributed by atoms with E-state index in [9.17, 15) is 13.2 Å². The number of hydrogen-bond acceptors (Lipinski definition) is 4. The summed E-state index contributed by atoms with van der Waals surface area (Å²) >= 11 is 0. The Morgan fingerprint density at radius 3 is 2.25 bits per heavy atom. The Morgan fingerprint density at radius 2 is 1.68 bits per heavy atom. The molecular weight excluding hydrogens is 398 g/mol. The van der Waals surface area contributed by atoms with E-state index in [1.807, 2.05) is 26.0 Å². The van der Waals surface area contributed by atoms with Crippen molar-refractivity contribution >= 4 is 28.3 Å². The van der Waals surface area contributed by atoms with E-state index in [2.05, 4.69) is 0 Å². The first kappa shape index (κ1) is 23.1. The first-order valence-electron chi connectivity index (χ1n) is 9.99. The topological polar surface area (TPSA) is 83.7 Å². The predicted octanol–water partition coefficient (Wildman–Crippen LogP) is 2.20. The minimum atomic E-state index is -3.51. The van der Waals surface area contributed by atoms with Gasteiger partial charge in [0.05, 0.1) is 10.3 Å². The van der Waals surface area contributed by atoms with Crippen molar-refractivity contribution in [3.63, 3.8) is 0 Å². The number of nitrogens with zero attached hydrogens (tertiary/aromatic N) is 2. The first-order valence-corrected chi connectivity index (χ1v) is 11.4. The fourth-order valence-corrected chi connectivity index (χ4v) is 5.73. The van der Waals surface area contributed by atoms with E-state index < -0.39 is 15.4 Å². The molecule has 6 nitrogen and oxygen atoms in total. The van der Waals surface area contributed by atoms with Gasteiger partial charge in [-0.1, -0.05) is 19.9 Å². The molecule has 0 aromatic heterocycles. The highest BCUT2D eigenvalue weighted by atomic mass is 35.5. The molecule has 0 bridgehead atoms. The van der Waals surface area contributed by atoms with Crippen LogP contribution in [-0.4, -0.2) is 56.3 Å². The second-order valence-electron chi connectivity index (χ2n) is 7.67. The quantitative estimate of drug-likeness (QED) is 0.751. The predicted molar refractivity (Wildman–Crippen MR) is 113 cm³/mol. The number of carbonyl (C=O) groups excluding carboxylic acids is 1. The molecule has 1 saturated heterocycles. The van der Waals surface area contributed by atoms with Crippen molar-refractivity contribution in [1.82, 2.24) is 9.21 Å². The normalized spacial score (nSPS) is 17.9. The standard InChI is InChI=1S/C20H31N3O3S.ClH/c1-3-20(4-2,15-21)19(24)22-10-12-23(13-11-22)27(25,26)18-9-8-16-6-5-7-17(16)14-18;/h8-9,14H,3-7,10-13,15,21H2,1-2H3;1H. The lowest BCUT2D eigenvalue weighted by Crippen LogP contribution is -2.55. The molecule has 2 N–H and O–H groups in total. The Hall–Kier alpha value is -1.15. The molecule has 0 atom stereocenters. The summed E-state index contributed by atoms with van der Waals surface area (Å²) in [5.74, 6) is 0.0598. The third-order valence-electron chi connectivity index (χ3n) is 6.43. The van der Waals surface area contributed by atoms with Gasteiger partial charge in [0.25, 0.3) is 0 Å². The van der Waals surface area contributed by atoms with Crippen LogP contribution in [0.25, 0.3) is 0 Å². The molecule has 0 spiro atoms. The number of aryl methyl sites for hydroxylation is 2. The third kappa shape index (κ3) is 4.08. The van der Waals surface area contributed by atoms with E-state index in [1.54, 1.807) is 11.0 Å². The zero-order valence-corrected chi connectivity index (χ0v) is 18.4. The lowest BCUT2D eigenvalue weighted by atomic mass is 9.81. The Bertz CT molecular complexity index is 793. The molecular formula is C20H32ClN3O3S. The van der Waals surface area contributed by atoms with Crippen molar-refractivity contribution in [2.75, 3.05) is 32.7 Å². The zero-order chi connectivity index (χ0) is 19.7. The summed E-state index contributed by atoms with van der Waals surface area (Å²) in [6.45, 7) is 5.81. The molecule has 1 aromatic rings. The van der Waals surface area contributed by atoms with E-state index in [0.29, 0.717) is 50.5 Å². The number of amides is 1. The van der Waals surface area contributed by atoms with Crippen molar-refractivity contribution in [3.8, 4) is 0 Å². The number of hydrogen-bond donors (Lipinski definition) is 1. The molecule has 1 aliphatic carbocycles. The van der Waals surface area contributed by atoms with E-state index in [-0.39, 0.29) is 18.3 Å². The maximum Gasteiger partial charge on any atom is 0.243 e. The van der Waals surface area contributed by atoms with Gasteiger partial charge in [-0.3, -0.25) is 4.79 Å². The fourth-order valence-electron chi connectivity index (χ4n) is 4.25. The van der Waals surface area contributed by atoms with E-state index >= 15 is 0 Å². The lowest BCUT2D eigenvalue weighted by Gasteiger charge is -2.39. The number of carbonyl (C=O) groups is 1. The lowest BCUT2D eigenvalue weighted by molar-refractivity contribution is -0.143.